The second-order valence-electron chi connectivity index (χ2n) is 4.29. The fourth-order valence-electron chi connectivity index (χ4n) is 2.06. The first-order valence-electron chi connectivity index (χ1n) is 5.33. The van der Waals surface area contributed by atoms with E-state index >= 15 is 0 Å². The van der Waals surface area contributed by atoms with E-state index in [-0.39, 0.29) is 9.92 Å². The van der Waals surface area contributed by atoms with E-state index in [1.807, 2.05) is 0 Å². The molecule has 1 unspecified atom stereocenters. The molecule has 1 aliphatic heterocycles. The summed E-state index contributed by atoms with van der Waals surface area (Å²) in [5.74, 6) is 0.0673. The van der Waals surface area contributed by atoms with Crippen LogP contribution in [0.4, 0.5) is 10.1 Å². The fourth-order valence-corrected chi connectivity index (χ4v) is 3.08. The molecule has 1 atom stereocenters. The topological polar surface area (TPSA) is 29.3 Å². The Labute approximate surface area is 114 Å². The molecule has 94 valence electrons. The predicted molar refractivity (Wildman–Crippen MR) is 72.5 cm³/mol. The van der Waals surface area contributed by atoms with Gasteiger partial charge in [0.15, 0.2) is 5.82 Å². The van der Waals surface area contributed by atoms with E-state index in [9.17, 15) is 4.39 Å². The average molecular weight is 295 g/mol. The van der Waals surface area contributed by atoms with E-state index < -0.39 is 5.82 Å². The maximum absolute atomic E-state index is 13.9. The molecule has 0 saturated carbocycles. The van der Waals surface area contributed by atoms with Gasteiger partial charge in [0.05, 0.1) is 15.6 Å². The lowest BCUT2D eigenvalue weighted by Gasteiger charge is -2.21. The van der Waals surface area contributed by atoms with Gasteiger partial charge >= 0.3 is 0 Å². The van der Waals surface area contributed by atoms with Crippen LogP contribution in [0.1, 0.15) is 13.3 Å². The van der Waals surface area contributed by atoms with Gasteiger partial charge in [-0.05, 0) is 30.4 Å². The van der Waals surface area contributed by atoms with E-state index in [0.29, 0.717) is 16.6 Å². The molecule has 1 heterocycles. The molecule has 1 aliphatic rings. The van der Waals surface area contributed by atoms with Crippen molar-refractivity contribution in [2.45, 2.75) is 18.2 Å². The van der Waals surface area contributed by atoms with Crippen molar-refractivity contribution in [2.24, 2.45) is 11.1 Å². The Bertz CT molecular complexity index is 442. The van der Waals surface area contributed by atoms with Crippen molar-refractivity contribution in [3.05, 3.63) is 21.9 Å². The Morgan fingerprint density at radius 1 is 1.53 bits per heavy atom. The van der Waals surface area contributed by atoms with Crippen LogP contribution in [0.5, 0.6) is 0 Å². The number of hydrogen-bond acceptors (Lipinski definition) is 3. The minimum Gasteiger partial charge on any atom is -0.370 e. The molecule has 1 saturated heterocycles. The molecule has 2 nitrogen and oxygen atoms in total. The monoisotopic (exact) mass is 294 g/mol. The van der Waals surface area contributed by atoms with E-state index in [1.165, 1.54) is 0 Å². The van der Waals surface area contributed by atoms with E-state index in [4.69, 9.17) is 28.3 Å². The van der Waals surface area contributed by atoms with Crippen LogP contribution in [0.2, 0.25) is 10.0 Å². The highest BCUT2D eigenvalue weighted by atomic mass is 35.5. The summed E-state index contributed by atoms with van der Waals surface area (Å²) < 4.78 is 13.9. The number of anilines is 1. The van der Waals surface area contributed by atoms with Crippen LogP contribution in [0.25, 0.3) is 0 Å². The molecule has 1 aromatic carbocycles. The van der Waals surface area contributed by atoms with Gasteiger partial charge in [-0.2, -0.15) is 0 Å². The Hall–Kier alpha value is -0.160. The minimum absolute atomic E-state index is 0.108. The fraction of sp³-hybridized carbons (Fsp3) is 0.455. The molecule has 0 aromatic heterocycles. The molecule has 1 fully saturated rings. The molecular formula is C11H13Cl2FN2S. The number of hydrogen-bond donors (Lipinski definition) is 1. The first kappa shape index (κ1) is 13.3. The molecule has 17 heavy (non-hydrogen) atoms. The molecule has 2 N–H and O–H groups in total. The minimum atomic E-state index is -0.527. The second kappa shape index (κ2) is 5.22. The van der Waals surface area contributed by atoms with Gasteiger partial charge in [0.1, 0.15) is 5.02 Å². The highest BCUT2D eigenvalue weighted by molar-refractivity contribution is 7.97. The molecule has 0 radical (unpaired) electrons. The van der Waals surface area contributed by atoms with E-state index in [1.54, 1.807) is 6.07 Å². The van der Waals surface area contributed by atoms with Gasteiger partial charge in [0, 0.05) is 13.1 Å². The summed E-state index contributed by atoms with van der Waals surface area (Å²) in [5, 5.41) is 5.79. The summed E-state index contributed by atoms with van der Waals surface area (Å²) >= 11 is 12.8. The first-order valence-corrected chi connectivity index (χ1v) is 6.97. The van der Waals surface area contributed by atoms with Gasteiger partial charge < -0.3 is 4.90 Å². The van der Waals surface area contributed by atoms with Crippen LogP contribution in [-0.2, 0) is 0 Å². The number of benzene rings is 1. The van der Waals surface area contributed by atoms with Crippen molar-refractivity contribution < 1.29 is 4.39 Å². The third-order valence-electron chi connectivity index (χ3n) is 2.98. The lowest BCUT2D eigenvalue weighted by Crippen LogP contribution is -2.20. The Balaban J connectivity index is 2.42. The van der Waals surface area contributed by atoms with Crippen molar-refractivity contribution in [3.63, 3.8) is 0 Å². The number of rotatable bonds is 2. The predicted octanol–water partition coefficient (Wildman–Crippen LogP) is 3.94. The third kappa shape index (κ3) is 2.50. The Kier molecular flexibility index (Phi) is 4.08. The zero-order chi connectivity index (χ0) is 12.6. The lowest BCUT2D eigenvalue weighted by atomic mass is 10.2. The molecular weight excluding hydrogens is 282 g/mol. The number of halogens is 3. The Morgan fingerprint density at radius 3 is 2.76 bits per heavy atom. The quantitative estimate of drug-likeness (QED) is 0.662. The van der Waals surface area contributed by atoms with E-state index in [2.05, 4.69) is 11.8 Å². The number of nitrogens with two attached hydrogens (primary N) is 1. The highest BCUT2D eigenvalue weighted by Gasteiger charge is 2.24. The van der Waals surface area contributed by atoms with Gasteiger partial charge in [-0.25, -0.2) is 4.39 Å². The van der Waals surface area contributed by atoms with Crippen LogP contribution in [-0.4, -0.2) is 13.1 Å². The second-order valence-corrected chi connectivity index (χ2v) is 5.72. The molecule has 6 heteroatoms. The summed E-state index contributed by atoms with van der Waals surface area (Å²) in [6.07, 6.45) is 1.09. The van der Waals surface area contributed by atoms with Crippen molar-refractivity contribution >= 4 is 40.8 Å². The zero-order valence-electron chi connectivity index (χ0n) is 9.34. The third-order valence-corrected chi connectivity index (χ3v) is 4.38. The van der Waals surface area contributed by atoms with Crippen LogP contribution < -0.4 is 10.0 Å². The van der Waals surface area contributed by atoms with Gasteiger partial charge in [-0.3, -0.25) is 5.14 Å². The van der Waals surface area contributed by atoms with Gasteiger partial charge in [-0.1, -0.05) is 30.1 Å². The summed E-state index contributed by atoms with van der Waals surface area (Å²) in [4.78, 5) is 2.26. The van der Waals surface area contributed by atoms with Gasteiger partial charge in [0.2, 0.25) is 0 Å². The van der Waals surface area contributed by atoms with Crippen molar-refractivity contribution in [1.82, 2.24) is 0 Å². The maximum Gasteiger partial charge on any atom is 0.160 e. The average Bonchev–Trinajstić information content (AvgIpc) is 2.71. The van der Waals surface area contributed by atoms with Gasteiger partial charge in [-0.15, -0.1) is 0 Å². The van der Waals surface area contributed by atoms with E-state index in [0.717, 1.165) is 31.5 Å². The van der Waals surface area contributed by atoms with Crippen molar-refractivity contribution in [1.29, 1.82) is 0 Å². The molecule has 0 aliphatic carbocycles. The van der Waals surface area contributed by atoms with Crippen molar-refractivity contribution in [2.75, 3.05) is 18.0 Å². The zero-order valence-corrected chi connectivity index (χ0v) is 11.7. The summed E-state index contributed by atoms with van der Waals surface area (Å²) in [5.41, 5.74) is 0.663. The molecule has 2 rings (SSSR count). The van der Waals surface area contributed by atoms with Crippen molar-refractivity contribution in [3.8, 4) is 0 Å². The number of nitrogens with zero attached hydrogens (tertiary/aromatic N) is 1. The molecule has 0 spiro atoms. The largest absolute Gasteiger partial charge is 0.370 e. The summed E-state index contributed by atoms with van der Waals surface area (Å²) in [6.45, 7) is 3.92. The SMILES string of the molecule is CC1CCN(c2cc(Cl)c(SN)c(F)c2Cl)C1. The molecule has 1 aromatic rings. The highest BCUT2D eigenvalue weighted by Crippen LogP contribution is 2.40. The molecule has 0 bridgehead atoms. The standard InChI is InChI=1S/C11H13Cl2FN2S/c1-6-2-3-16(5-6)8-4-7(12)11(17-15)10(14)9(8)13/h4,6H,2-3,5,15H2,1H3. The van der Waals surface area contributed by atoms with Gasteiger partial charge in [0.25, 0.3) is 0 Å². The van der Waals surface area contributed by atoms with Crippen LogP contribution >= 0.6 is 35.1 Å². The molecule has 0 amide bonds. The maximum atomic E-state index is 13.9. The lowest BCUT2D eigenvalue weighted by molar-refractivity contribution is 0.602. The van der Waals surface area contributed by atoms with Crippen LogP contribution in [0, 0.1) is 11.7 Å². The normalized spacial score (nSPS) is 20.1. The van der Waals surface area contributed by atoms with Crippen LogP contribution in [0.3, 0.4) is 0 Å². The summed E-state index contributed by atoms with van der Waals surface area (Å²) in [6, 6.07) is 1.69. The summed E-state index contributed by atoms with van der Waals surface area (Å²) in [7, 11) is 0. The van der Waals surface area contributed by atoms with Crippen LogP contribution in [0.15, 0.2) is 11.0 Å². The first-order chi connectivity index (χ1) is 8.04. The smallest absolute Gasteiger partial charge is 0.160 e. The Morgan fingerprint density at radius 2 is 2.24 bits per heavy atom.